The van der Waals surface area contributed by atoms with Crippen LogP contribution in [0, 0.1) is 0 Å². The van der Waals surface area contributed by atoms with E-state index in [9.17, 15) is 13.6 Å². The van der Waals surface area contributed by atoms with Crippen molar-refractivity contribution in [2.75, 3.05) is 0 Å². The van der Waals surface area contributed by atoms with Gasteiger partial charge < -0.3 is 5.73 Å². The van der Waals surface area contributed by atoms with Gasteiger partial charge in [0.2, 0.25) is 0 Å². The second-order valence-corrected chi connectivity index (χ2v) is 3.38. The number of carbonyl (C=O) groups is 1. The molecular formula is C8H5Cl2F2NO. The van der Waals surface area contributed by atoms with Gasteiger partial charge in [-0.05, 0) is 12.1 Å². The summed E-state index contributed by atoms with van der Waals surface area (Å²) in [5, 5.41) is 0.0841. The van der Waals surface area contributed by atoms with Crippen LogP contribution in [-0.2, 0) is 10.7 Å². The van der Waals surface area contributed by atoms with Crippen molar-refractivity contribution in [1.82, 2.24) is 0 Å². The maximum absolute atomic E-state index is 13.0. The van der Waals surface area contributed by atoms with Crippen LogP contribution in [0.4, 0.5) is 8.78 Å². The Bertz CT molecular complexity index is 382. The quantitative estimate of drug-likeness (QED) is 0.848. The Morgan fingerprint density at radius 3 is 2.29 bits per heavy atom. The number of nitrogens with two attached hydrogens (primary N) is 1. The molecule has 6 heteroatoms. The molecular weight excluding hydrogens is 235 g/mol. The first kappa shape index (κ1) is 11.2. The van der Waals surface area contributed by atoms with E-state index in [1.54, 1.807) is 0 Å². The first-order valence-corrected chi connectivity index (χ1v) is 4.24. The minimum atomic E-state index is -3.73. The van der Waals surface area contributed by atoms with E-state index in [4.69, 9.17) is 23.2 Å². The first-order valence-electron chi connectivity index (χ1n) is 3.49. The molecule has 1 rings (SSSR count). The van der Waals surface area contributed by atoms with E-state index in [-0.39, 0.29) is 10.0 Å². The van der Waals surface area contributed by atoms with Crippen molar-refractivity contribution < 1.29 is 13.6 Å². The highest BCUT2D eigenvalue weighted by molar-refractivity contribution is 6.42. The monoisotopic (exact) mass is 239 g/mol. The van der Waals surface area contributed by atoms with Gasteiger partial charge in [0.15, 0.2) is 0 Å². The Balaban J connectivity index is 3.21. The summed E-state index contributed by atoms with van der Waals surface area (Å²) in [6.07, 6.45) is 0. The standard InChI is InChI=1S/C8H5Cl2F2NO/c9-5-2-1-4(3-6(5)10)8(11,12)7(13)14/h1-3H,(H2,13,14). The van der Waals surface area contributed by atoms with E-state index in [2.05, 4.69) is 5.73 Å². The molecule has 0 aliphatic rings. The van der Waals surface area contributed by atoms with Crippen molar-refractivity contribution in [1.29, 1.82) is 0 Å². The topological polar surface area (TPSA) is 43.1 Å². The lowest BCUT2D eigenvalue weighted by Crippen LogP contribution is -2.32. The van der Waals surface area contributed by atoms with Gasteiger partial charge >= 0.3 is 5.92 Å². The molecule has 0 bridgehead atoms. The summed E-state index contributed by atoms with van der Waals surface area (Å²) >= 11 is 11.0. The molecule has 0 saturated heterocycles. The molecule has 0 spiro atoms. The number of hydrogen-bond donors (Lipinski definition) is 1. The lowest BCUT2D eigenvalue weighted by atomic mass is 10.1. The lowest BCUT2D eigenvalue weighted by Gasteiger charge is -2.12. The average Bonchev–Trinajstić information content (AvgIpc) is 2.09. The molecule has 76 valence electrons. The fourth-order valence-electron chi connectivity index (χ4n) is 0.834. The SMILES string of the molecule is NC(=O)C(F)(F)c1ccc(Cl)c(Cl)c1. The number of carbonyl (C=O) groups excluding carboxylic acids is 1. The zero-order chi connectivity index (χ0) is 10.9. The van der Waals surface area contributed by atoms with Gasteiger partial charge in [0, 0.05) is 5.56 Å². The highest BCUT2D eigenvalue weighted by Crippen LogP contribution is 2.32. The number of amides is 1. The molecule has 0 fully saturated rings. The largest absolute Gasteiger partial charge is 0.364 e. The van der Waals surface area contributed by atoms with Gasteiger partial charge in [-0.15, -0.1) is 0 Å². The predicted octanol–water partition coefficient (Wildman–Crippen LogP) is 2.57. The molecule has 1 amide bonds. The molecule has 14 heavy (non-hydrogen) atoms. The van der Waals surface area contributed by atoms with Crippen molar-refractivity contribution in [3.63, 3.8) is 0 Å². The number of halogens is 4. The van der Waals surface area contributed by atoms with Gasteiger partial charge in [-0.25, -0.2) is 0 Å². The Morgan fingerprint density at radius 2 is 1.86 bits per heavy atom. The van der Waals surface area contributed by atoms with Gasteiger partial charge in [-0.3, -0.25) is 4.79 Å². The van der Waals surface area contributed by atoms with E-state index >= 15 is 0 Å². The third kappa shape index (κ3) is 1.96. The highest BCUT2D eigenvalue weighted by atomic mass is 35.5. The summed E-state index contributed by atoms with van der Waals surface area (Å²) in [7, 11) is 0. The fraction of sp³-hybridized carbons (Fsp3) is 0.125. The second-order valence-electron chi connectivity index (χ2n) is 2.57. The molecule has 0 aliphatic heterocycles. The second kappa shape index (κ2) is 3.71. The van der Waals surface area contributed by atoms with Crippen molar-refractivity contribution >= 4 is 29.1 Å². The van der Waals surface area contributed by atoms with Crippen LogP contribution >= 0.6 is 23.2 Å². The molecule has 1 aromatic carbocycles. The van der Waals surface area contributed by atoms with E-state index in [1.165, 1.54) is 6.07 Å². The Kier molecular flexibility index (Phi) is 2.97. The fourth-order valence-corrected chi connectivity index (χ4v) is 1.13. The van der Waals surface area contributed by atoms with E-state index < -0.39 is 17.4 Å². The molecule has 0 unspecified atom stereocenters. The Morgan fingerprint density at radius 1 is 1.29 bits per heavy atom. The van der Waals surface area contributed by atoms with Gasteiger partial charge in [-0.2, -0.15) is 8.78 Å². The third-order valence-corrected chi connectivity index (χ3v) is 2.33. The normalized spacial score (nSPS) is 11.4. The molecule has 1 aromatic rings. The first-order chi connectivity index (χ1) is 6.35. The average molecular weight is 240 g/mol. The summed E-state index contributed by atoms with van der Waals surface area (Å²) in [5.74, 6) is -5.45. The third-order valence-electron chi connectivity index (χ3n) is 1.59. The zero-order valence-electron chi connectivity index (χ0n) is 6.73. The van der Waals surface area contributed by atoms with Crippen molar-refractivity contribution in [2.45, 2.75) is 5.92 Å². The zero-order valence-corrected chi connectivity index (χ0v) is 8.24. The molecule has 0 radical (unpaired) electrons. The van der Waals surface area contributed by atoms with Crippen LogP contribution in [0.2, 0.25) is 10.0 Å². The summed E-state index contributed by atoms with van der Waals surface area (Å²) in [4.78, 5) is 10.4. The van der Waals surface area contributed by atoms with Gasteiger partial charge in [-0.1, -0.05) is 29.3 Å². The molecule has 0 saturated carbocycles. The number of primary amides is 1. The highest BCUT2D eigenvalue weighted by Gasteiger charge is 2.38. The van der Waals surface area contributed by atoms with Crippen LogP contribution in [0.25, 0.3) is 0 Å². The van der Waals surface area contributed by atoms with Crippen LogP contribution in [0.3, 0.4) is 0 Å². The van der Waals surface area contributed by atoms with Gasteiger partial charge in [0.1, 0.15) is 0 Å². The van der Waals surface area contributed by atoms with Crippen LogP contribution in [0.5, 0.6) is 0 Å². The number of benzene rings is 1. The number of hydrogen-bond acceptors (Lipinski definition) is 1. The maximum Gasteiger partial charge on any atom is 0.349 e. The van der Waals surface area contributed by atoms with Gasteiger partial charge in [0.05, 0.1) is 10.0 Å². The molecule has 0 aromatic heterocycles. The summed E-state index contributed by atoms with van der Waals surface area (Å²) in [5.41, 5.74) is 3.96. The number of alkyl halides is 2. The lowest BCUT2D eigenvalue weighted by molar-refractivity contribution is -0.143. The van der Waals surface area contributed by atoms with Gasteiger partial charge in [0.25, 0.3) is 5.91 Å². The Labute approximate surface area is 88.6 Å². The minimum absolute atomic E-state index is 0.0508. The van der Waals surface area contributed by atoms with Crippen LogP contribution in [-0.4, -0.2) is 5.91 Å². The maximum atomic E-state index is 13.0. The van der Waals surface area contributed by atoms with Crippen LogP contribution < -0.4 is 5.73 Å². The van der Waals surface area contributed by atoms with Crippen molar-refractivity contribution in [3.8, 4) is 0 Å². The minimum Gasteiger partial charge on any atom is -0.364 e. The smallest absolute Gasteiger partial charge is 0.349 e. The molecule has 0 aliphatic carbocycles. The summed E-state index contributed by atoms with van der Waals surface area (Å²) in [6, 6.07) is 3.09. The summed E-state index contributed by atoms with van der Waals surface area (Å²) < 4.78 is 26.0. The predicted molar refractivity (Wildman–Crippen MR) is 49.6 cm³/mol. The van der Waals surface area contributed by atoms with Crippen molar-refractivity contribution in [3.05, 3.63) is 33.8 Å². The van der Waals surface area contributed by atoms with E-state index in [1.807, 2.05) is 0 Å². The molecule has 0 heterocycles. The van der Waals surface area contributed by atoms with Crippen LogP contribution in [0.15, 0.2) is 18.2 Å². The molecule has 0 atom stereocenters. The van der Waals surface area contributed by atoms with E-state index in [0.29, 0.717) is 0 Å². The molecule has 2 N–H and O–H groups in total. The van der Waals surface area contributed by atoms with Crippen LogP contribution in [0.1, 0.15) is 5.56 Å². The van der Waals surface area contributed by atoms with E-state index in [0.717, 1.165) is 12.1 Å². The number of rotatable bonds is 2. The summed E-state index contributed by atoms with van der Waals surface area (Å²) in [6.45, 7) is 0. The Hall–Kier alpha value is -0.870. The molecule has 2 nitrogen and oxygen atoms in total. The van der Waals surface area contributed by atoms with Crippen molar-refractivity contribution in [2.24, 2.45) is 5.73 Å².